The van der Waals surface area contributed by atoms with Gasteiger partial charge < -0.3 is 9.47 Å². The molecule has 0 fully saturated rings. The molecule has 0 spiro atoms. The van der Waals surface area contributed by atoms with Gasteiger partial charge in [0, 0.05) is 0 Å². The average Bonchev–Trinajstić information content (AvgIpc) is 2.28. The van der Waals surface area contributed by atoms with Gasteiger partial charge in [0.05, 0.1) is 25.6 Å². The lowest BCUT2D eigenvalue weighted by Gasteiger charge is -2.27. The summed E-state index contributed by atoms with van der Waals surface area (Å²) in [6, 6.07) is 0. The lowest BCUT2D eigenvalue weighted by molar-refractivity contribution is -0.155. The fourth-order valence-corrected chi connectivity index (χ4v) is 1.73. The van der Waals surface area contributed by atoms with E-state index in [4.69, 9.17) is 9.47 Å². The predicted molar refractivity (Wildman–Crippen MR) is 70.1 cm³/mol. The molecule has 0 heterocycles. The fourth-order valence-electron chi connectivity index (χ4n) is 1.73. The van der Waals surface area contributed by atoms with Crippen LogP contribution in [0.1, 0.15) is 53.9 Å². The molecule has 4 heteroatoms. The van der Waals surface area contributed by atoms with Crippen molar-refractivity contribution >= 4 is 11.9 Å². The molecule has 0 amide bonds. The highest BCUT2D eigenvalue weighted by atomic mass is 16.5. The fraction of sp³-hybridized carbons (Fsp3) is 0.857. The van der Waals surface area contributed by atoms with E-state index in [2.05, 4.69) is 20.8 Å². The Labute approximate surface area is 110 Å². The number of esters is 2. The minimum atomic E-state index is -0.404. The number of hydrogen-bond acceptors (Lipinski definition) is 4. The Morgan fingerprint density at radius 1 is 1.06 bits per heavy atom. The first-order chi connectivity index (χ1) is 8.36. The molecule has 1 atom stereocenters. The Kier molecular flexibility index (Phi) is 7.64. The Balaban J connectivity index is 4.62. The Hall–Kier alpha value is -1.06. The number of hydrogen-bond donors (Lipinski definition) is 0. The zero-order chi connectivity index (χ0) is 14.2. The van der Waals surface area contributed by atoms with Crippen molar-refractivity contribution in [2.75, 3.05) is 13.2 Å². The summed E-state index contributed by atoms with van der Waals surface area (Å²) in [6.07, 6.45) is 1.70. The van der Waals surface area contributed by atoms with Crippen molar-refractivity contribution in [3.8, 4) is 0 Å². The normalized spacial score (nSPS) is 12.9. The molecule has 4 nitrogen and oxygen atoms in total. The molecule has 0 saturated heterocycles. The van der Waals surface area contributed by atoms with E-state index in [-0.39, 0.29) is 23.8 Å². The Morgan fingerprint density at radius 3 is 2.06 bits per heavy atom. The maximum atomic E-state index is 11.8. The van der Waals surface area contributed by atoms with E-state index in [1.165, 1.54) is 0 Å². The van der Waals surface area contributed by atoms with Crippen LogP contribution in [0.5, 0.6) is 0 Å². The van der Waals surface area contributed by atoms with Gasteiger partial charge in [-0.05, 0) is 25.7 Å². The summed E-state index contributed by atoms with van der Waals surface area (Å²) in [5.41, 5.74) is 0.0178. The van der Waals surface area contributed by atoms with Crippen LogP contribution < -0.4 is 0 Å². The molecule has 0 aromatic rings. The molecule has 0 rings (SSSR count). The van der Waals surface area contributed by atoms with Crippen LogP contribution in [0, 0.1) is 11.3 Å². The standard InChI is InChI=1S/C14H26O4/c1-6-14(4,5)10-11(13(16)18-8-3)9-12(15)17-7-2/h11H,6-10H2,1-5H3. The molecule has 0 saturated carbocycles. The van der Waals surface area contributed by atoms with E-state index in [1.54, 1.807) is 13.8 Å². The summed E-state index contributed by atoms with van der Waals surface area (Å²) in [4.78, 5) is 23.4. The minimum absolute atomic E-state index is 0.0178. The van der Waals surface area contributed by atoms with Crippen LogP contribution in [0.15, 0.2) is 0 Å². The van der Waals surface area contributed by atoms with Gasteiger partial charge in [-0.15, -0.1) is 0 Å². The van der Waals surface area contributed by atoms with E-state index in [0.717, 1.165) is 6.42 Å². The molecule has 106 valence electrons. The van der Waals surface area contributed by atoms with Crippen LogP contribution >= 0.6 is 0 Å². The molecule has 0 aromatic carbocycles. The molecule has 1 unspecified atom stereocenters. The number of ether oxygens (including phenoxy) is 2. The van der Waals surface area contributed by atoms with Crippen LogP contribution in [0.3, 0.4) is 0 Å². The van der Waals surface area contributed by atoms with Gasteiger partial charge in [0.2, 0.25) is 0 Å². The van der Waals surface area contributed by atoms with E-state index in [9.17, 15) is 9.59 Å². The van der Waals surface area contributed by atoms with Gasteiger partial charge in [-0.1, -0.05) is 27.2 Å². The van der Waals surface area contributed by atoms with Crippen molar-refractivity contribution in [3.05, 3.63) is 0 Å². The first-order valence-electron chi connectivity index (χ1n) is 6.68. The third kappa shape index (κ3) is 6.62. The van der Waals surface area contributed by atoms with Crippen LogP contribution in [0.2, 0.25) is 0 Å². The van der Waals surface area contributed by atoms with Crippen molar-refractivity contribution in [1.82, 2.24) is 0 Å². The van der Waals surface area contributed by atoms with Crippen LogP contribution in [-0.4, -0.2) is 25.2 Å². The molecule has 0 aliphatic rings. The largest absolute Gasteiger partial charge is 0.466 e. The number of rotatable bonds is 8. The zero-order valence-electron chi connectivity index (χ0n) is 12.2. The highest BCUT2D eigenvalue weighted by molar-refractivity contribution is 5.80. The SMILES string of the molecule is CCOC(=O)CC(CC(C)(C)CC)C(=O)OCC. The van der Waals surface area contributed by atoms with Crippen LogP contribution in [0.25, 0.3) is 0 Å². The maximum absolute atomic E-state index is 11.8. The van der Waals surface area contributed by atoms with Crippen molar-refractivity contribution in [1.29, 1.82) is 0 Å². The van der Waals surface area contributed by atoms with Gasteiger partial charge in [0.15, 0.2) is 0 Å². The van der Waals surface area contributed by atoms with Crippen molar-refractivity contribution in [2.24, 2.45) is 11.3 Å². The molecular formula is C14H26O4. The van der Waals surface area contributed by atoms with Crippen molar-refractivity contribution in [3.63, 3.8) is 0 Å². The van der Waals surface area contributed by atoms with Crippen LogP contribution in [-0.2, 0) is 19.1 Å². The first-order valence-corrected chi connectivity index (χ1v) is 6.68. The van der Waals surface area contributed by atoms with Crippen LogP contribution in [0.4, 0.5) is 0 Å². The highest BCUT2D eigenvalue weighted by Crippen LogP contribution is 2.31. The molecule has 0 N–H and O–H groups in total. The van der Waals surface area contributed by atoms with Gasteiger partial charge in [0.1, 0.15) is 0 Å². The van der Waals surface area contributed by atoms with Crippen molar-refractivity contribution < 1.29 is 19.1 Å². The van der Waals surface area contributed by atoms with Gasteiger partial charge in [0.25, 0.3) is 0 Å². The van der Waals surface area contributed by atoms with Crippen molar-refractivity contribution in [2.45, 2.75) is 53.9 Å². The molecule has 0 aromatic heterocycles. The summed E-state index contributed by atoms with van der Waals surface area (Å²) in [7, 11) is 0. The molecule has 0 aliphatic carbocycles. The third-order valence-electron chi connectivity index (χ3n) is 3.09. The van der Waals surface area contributed by atoms with E-state index < -0.39 is 5.92 Å². The second kappa shape index (κ2) is 8.11. The molecule has 0 radical (unpaired) electrons. The molecule has 18 heavy (non-hydrogen) atoms. The smallest absolute Gasteiger partial charge is 0.309 e. The summed E-state index contributed by atoms with van der Waals surface area (Å²) < 4.78 is 9.93. The highest BCUT2D eigenvalue weighted by Gasteiger charge is 2.30. The summed E-state index contributed by atoms with van der Waals surface area (Å²) in [5, 5.41) is 0. The second-order valence-corrected chi connectivity index (χ2v) is 5.18. The summed E-state index contributed by atoms with van der Waals surface area (Å²) in [5.74, 6) is -1.03. The lowest BCUT2D eigenvalue weighted by atomic mass is 9.79. The number of carbonyl (C=O) groups excluding carboxylic acids is 2. The van der Waals surface area contributed by atoms with Gasteiger partial charge in [-0.25, -0.2) is 0 Å². The first kappa shape index (κ1) is 16.9. The van der Waals surface area contributed by atoms with Gasteiger partial charge in [-0.2, -0.15) is 0 Å². The van der Waals surface area contributed by atoms with Gasteiger partial charge in [-0.3, -0.25) is 9.59 Å². The maximum Gasteiger partial charge on any atom is 0.309 e. The summed E-state index contributed by atoms with van der Waals surface area (Å²) >= 11 is 0. The predicted octanol–water partition coefficient (Wildman–Crippen LogP) is 2.95. The lowest BCUT2D eigenvalue weighted by Crippen LogP contribution is -2.27. The summed E-state index contributed by atoms with van der Waals surface area (Å²) in [6.45, 7) is 10.5. The second-order valence-electron chi connectivity index (χ2n) is 5.18. The minimum Gasteiger partial charge on any atom is -0.466 e. The average molecular weight is 258 g/mol. The zero-order valence-corrected chi connectivity index (χ0v) is 12.2. The third-order valence-corrected chi connectivity index (χ3v) is 3.09. The molecule has 0 aliphatic heterocycles. The molecule has 0 bridgehead atoms. The Morgan fingerprint density at radius 2 is 1.61 bits per heavy atom. The topological polar surface area (TPSA) is 52.6 Å². The monoisotopic (exact) mass is 258 g/mol. The van der Waals surface area contributed by atoms with Gasteiger partial charge >= 0.3 is 11.9 Å². The van der Waals surface area contributed by atoms with E-state index >= 15 is 0 Å². The Bertz CT molecular complexity index is 271. The number of carbonyl (C=O) groups is 2. The molecular weight excluding hydrogens is 232 g/mol. The quantitative estimate of drug-likeness (QED) is 0.628. The van der Waals surface area contributed by atoms with E-state index in [1.807, 2.05) is 0 Å². The van der Waals surface area contributed by atoms with E-state index in [0.29, 0.717) is 19.6 Å².